The minimum absolute atomic E-state index is 0.0351. The molecule has 0 bridgehead atoms. The van der Waals surface area contributed by atoms with Crippen molar-refractivity contribution in [2.24, 2.45) is 10.7 Å². The van der Waals surface area contributed by atoms with Gasteiger partial charge in [-0.05, 0) is 20.1 Å². The topological polar surface area (TPSA) is 198 Å². The van der Waals surface area contributed by atoms with Crippen LogP contribution in [0.15, 0.2) is 4.99 Å². The van der Waals surface area contributed by atoms with Gasteiger partial charge in [0.2, 0.25) is 17.7 Å². The fraction of sp³-hybridized carbons (Fsp3) is 0.765. The van der Waals surface area contributed by atoms with Crippen LogP contribution in [0, 0.1) is 0 Å². The Labute approximate surface area is 168 Å². The molecule has 3 amide bonds. The summed E-state index contributed by atoms with van der Waals surface area (Å²) in [6.45, 7) is 2.70. The molecule has 0 saturated carbocycles. The van der Waals surface area contributed by atoms with Gasteiger partial charge in [0.1, 0.15) is 18.2 Å². The number of hydrogen-bond donors (Lipinski definition) is 7. The maximum absolute atomic E-state index is 12.8. The number of amides is 3. The van der Waals surface area contributed by atoms with Crippen LogP contribution < -0.4 is 16.4 Å². The van der Waals surface area contributed by atoms with Crippen molar-refractivity contribution in [1.82, 2.24) is 15.5 Å². The lowest BCUT2D eigenvalue weighted by Crippen LogP contribution is -2.59. The summed E-state index contributed by atoms with van der Waals surface area (Å²) in [5.41, 5.74) is 5.73. The van der Waals surface area contributed by atoms with E-state index in [1.165, 1.54) is 20.2 Å². The smallest absolute Gasteiger partial charge is 0.248 e. The maximum atomic E-state index is 12.8. The number of aliphatic hydroxyl groups excluding tert-OH is 4. The van der Waals surface area contributed by atoms with Crippen LogP contribution >= 0.6 is 0 Å². The monoisotopic (exact) mass is 417 g/mol. The first-order valence-corrected chi connectivity index (χ1v) is 9.31. The van der Waals surface area contributed by atoms with Crippen molar-refractivity contribution in [3.05, 3.63) is 0 Å². The Hall–Kier alpha value is -2.12. The minimum atomic E-state index is -1.45. The second-order valence-electron chi connectivity index (χ2n) is 6.97. The third-order valence-electron chi connectivity index (χ3n) is 4.64. The van der Waals surface area contributed by atoms with Crippen LogP contribution in [0.1, 0.15) is 26.7 Å². The van der Waals surface area contributed by atoms with Crippen LogP contribution in [0.2, 0.25) is 0 Å². The van der Waals surface area contributed by atoms with Crippen molar-refractivity contribution in [2.45, 2.75) is 69.4 Å². The first kappa shape index (κ1) is 24.9. The van der Waals surface area contributed by atoms with Gasteiger partial charge in [-0.25, -0.2) is 0 Å². The molecule has 0 aromatic heterocycles. The van der Waals surface area contributed by atoms with E-state index in [1.54, 1.807) is 6.92 Å². The molecule has 0 aromatic rings. The van der Waals surface area contributed by atoms with E-state index < -0.39 is 60.4 Å². The zero-order valence-corrected chi connectivity index (χ0v) is 16.7. The lowest BCUT2D eigenvalue weighted by molar-refractivity contribution is -0.144. The van der Waals surface area contributed by atoms with Gasteiger partial charge in [0, 0.05) is 26.4 Å². The Morgan fingerprint density at radius 3 is 2.45 bits per heavy atom. The molecule has 7 atom stereocenters. The van der Waals surface area contributed by atoms with Crippen molar-refractivity contribution in [1.29, 1.82) is 0 Å². The molecule has 29 heavy (non-hydrogen) atoms. The molecular weight excluding hydrogens is 386 g/mol. The highest BCUT2D eigenvalue weighted by molar-refractivity contribution is 5.93. The molecule has 0 radical (unpaired) electrons. The average Bonchev–Trinajstić information content (AvgIpc) is 3.06. The van der Waals surface area contributed by atoms with Crippen LogP contribution in [-0.2, 0) is 14.4 Å². The standard InChI is InChI=1S/C17H31N5O7/c1-4-20-16(28)12(25)6-10(18)14(26)21-13(8(2)23)17(29)22-7-9(24)5-11(22)15(27)19-3/h4,8-13,16,23-25,28H,5-7,18H2,1-3H3,(H,19,27)(H,21,26). The number of aliphatic hydroxyl groups is 4. The number of carbonyl (C=O) groups excluding carboxylic acids is 3. The third-order valence-corrected chi connectivity index (χ3v) is 4.64. The van der Waals surface area contributed by atoms with Gasteiger partial charge >= 0.3 is 0 Å². The highest BCUT2D eigenvalue weighted by Crippen LogP contribution is 2.20. The zero-order valence-electron chi connectivity index (χ0n) is 16.7. The van der Waals surface area contributed by atoms with E-state index in [1.807, 2.05) is 0 Å². The first-order valence-electron chi connectivity index (χ1n) is 9.31. The largest absolute Gasteiger partial charge is 0.391 e. The molecule has 7 unspecified atom stereocenters. The predicted octanol–water partition coefficient (Wildman–Crippen LogP) is -3.95. The SMILES string of the molecule is CC=NC(O)C(O)CC(N)C(=O)NC(C(=O)N1CC(O)CC1C(=O)NC)C(C)O. The first-order chi connectivity index (χ1) is 13.5. The van der Waals surface area contributed by atoms with Gasteiger partial charge in [0.15, 0.2) is 6.23 Å². The number of β-amino-alcohol motifs (C(OH)–C–C–N with tert-alkyl or cyclic N) is 1. The van der Waals surface area contributed by atoms with Gasteiger partial charge in [0.05, 0.1) is 18.2 Å². The zero-order chi connectivity index (χ0) is 22.3. The quantitative estimate of drug-likeness (QED) is 0.184. The number of nitrogens with one attached hydrogen (secondary N) is 2. The van der Waals surface area contributed by atoms with Gasteiger partial charge in [-0.1, -0.05) is 0 Å². The summed E-state index contributed by atoms with van der Waals surface area (Å²) < 4.78 is 0. The molecule has 166 valence electrons. The Morgan fingerprint density at radius 2 is 1.93 bits per heavy atom. The summed E-state index contributed by atoms with van der Waals surface area (Å²) in [6.07, 6.45) is -4.10. The van der Waals surface area contributed by atoms with E-state index in [0.29, 0.717) is 0 Å². The van der Waals surface area contributed by atoms with Gasteiger partial charge in [-0.3, -0.25) is 19.4 Å². The molecule has 1 fully saturated rings. The molecule has 12 nitrogen and oxygen atoms in total. The van der Waals surface area contributed by atoms with Crippen molar-refractivity contribution in [2.75, 3.05) is 13.6 Å². The number of hydrogen-bond acceptors (Lipinski definition) is 9. The van der Waals surface area contributed by atoms with E-state index in [4.69, 9.17) is 5.73 Å². The molecule has 0 spiro atoms. The van der Waals surface area contributed by atoms with Crippen LogP contribution in [0.4, 0.5) is 0 Å². The number of carbonyl (C=O) groups is 3. The van der Waals surface area contributed by atoms with E-state index >= 15 is 0 Å². The molecule has 1 saturated heterocycles. The Bertz CT molecular complexity index is 615. The van der Waals surface area contributed by atoms with Gasteiger partial charge in [-0.15, -0.1) is 0 Å². The highest BCUT2D eigenvalue weighted by atomic mass is 16.3. The number of nitrogens with zero attached hydrogens (tertiary/aromatic N) is 2. The maximum Gasteiger partial charge on any atom is 0.248 e. The van der Waals surface area contributed by atoms with E-state index in [0.717, 1.165) is 4.90 Å². The molecule has 12 heteroatoms. The Balaban J connectivity index is 2.85. The summed E-state index contributed by atoms with van der Waals surface area (Å²) in [6, 6.07) is -3.64. The molecule has 1 rings (SSSR count). The molecule has 1 aliphatic heterocycles. The minimum Gasteiger partial charge on any atom is -0.391 e. The lowest BCUT2D eigenvalue weighted by Gasteiger charge is -2.30. The summed E-state index contributed by atoms with van der Waals surface area (Å²) in [4.78, 5) is 41.9. The highest BCUT2D eigenvalue weighted by Gasteiger charge is 2.42. The number of rotatable bonds is 9. The van der Waals surface area contributed by atoms with Gasteiger partial charge < -0.3 is 41.7 Å². The van der Waals surface area contributed by atoms with E-state index in [9.17, 15) is 34.8 Å². The summed E-state index contributed by atoms with van der Waals surface area (Å²) >= 11 is 0. The number of likely N-dealkylation sites (tertiary alicyclic amines) is 1. The molecule has 0 aliphatic carbocycles. The molecular formula is C17H31N5O7. The van der Waals surface area contributed by atoms with E-state index in [2.05, 4.69) is 15.6 Å². The average molecular weight is 417 g/mol. The van der Waals surface area contributed by atoms with Gasteiger partial charge in [0.25, 0.3) is 0 Å². The fourth-order valence-corrected chi connectivity index (χ4v) is 3.04. The Morgan fingerprint density at radius 1 is 1.31 bits per heavy atom. The molecule has 1 heterocycles. The predicted molar refractivity (Wildman–Crippen MR) is 103 cm³/mol. The summed E-state index contributed by atoms with van der Waals surface area (Å²) in [7, 11) is 1.39. The van der Waals surface area contributed by atoms with E-state index in [-0.39, 0.29) is 19.4 Å². The van der Waals surface area contributed by atoms with Crippen LogP contribution in [0.3, 0.4) is 0 Å². The molecule has 0 aromatic carbocycles. The lowest BCUT2D eigenvalue weighted by atomic mass is 10.1. The normalized spacial score (nSPS) is 24.6. The number of likely N-dealkylation sites (N-methyl/N-ethyl adjacent to an activating group) is 1. The third kappa shape index (κ3) is 6.72. The second kappa shape index (κ2) is 11.2. The van der Waals surface area contributed by atoms with Crippen molar-refractivity contribution < 1.29 is 34.8 Å². The van der Waals surface area contributed by atoms with Crippen LogP contribution in [-0.4, -0.2) is 106 Å². The van der Waals surface area contributed by atoms with Crippen molar-refractivity contribution in [3.63, 3.8) is 0 Å². The van der Waals surface area contributed by atoms with Crippen LogP contribution in [0.5, 0.6) is 0 Å². The summed E-state index contributed by atoms with van der Waals surface area (Å²) in [5, 5.41) is 44.0. The van der Waals surface area contributed by atoms with Crippen LogP contribution in [0.25, 0.3) is 0 Å². The second-order valence-corrected chi connectivity index (χ2v) is 6.97. The summed E-state index contributed by atoms with van der Waals surface area (Å²) in [5.74, 6) is -2.06. The van der Waals surface area contributed by atoms with Gasteiger partial charge in [-0.2, -0.15) is 0 Å². The molecule has 8 N–H and O–H groups in total. The molecule has 1 aliphatic rings. The van der Waals surface area contributed by atoms with Crippen molar-refractivity contribution in [3.8, 4) is 0 Å². The fourth-order valence-electron chi connectivity index (χ4n) is 3.04. The Kier molecular flexibility index (Phi) is 9.59. The number of aliphatic imine (C=N–C) groups is 1. The number of nitrogens with two attached hydrogens (primary N) is 1. The van der Waals surface area contributed by atoms with Crippen molar-refractivity contribution >= 4 is 23.9 Å².